The van der Waals surface area contributed by atoms with Crippen molar-refractivity contribution in [2.75, 3.05) is 5.32 Å². The summed E-state index contributed by atoms with van der Waals surface area (Å²) in [4.78, 5) is 12.0. The minimum Gasteiger partial charge on any atom is -0.322 e. The molecule has 2 rings (SSSR count). The molecule has 0 saturated heterocycles. The first-order valence-electron chi connectivity index (χ1n) is 5.80. The molecule has 0 fully saturated rings. The van der Waals surface area contributed by atoms with Gasteiger partial charge in [-0.3, -0.25) is 4.79 Å². The van der Waals surface area contributed by atoms with E-state index in [-0.39, 0.29) is 11.5 Å². The molecular weight excluding hydrogens is 323 g/mol. The van der Waals surface area contributed by atoms with Gasteiger partial charge in [0.1, 0.15) is 11.9 Å². The van der Waals surface area contributed by atoms with Gasteiger partial charge in [-0.2, -0.15) is 5.26 Å². The van der Waals surface area contributed by atoms with Crippen LogP contribution in [0.2, 0.25) is 0 Å². The van der Waals surface area contributed by atoms with Gasteiger partial charge in [0.25, 0.3) is 5.91 Å². The number of anilines is 1. The molecule has 3 nitrogen and oxygen atoms in total. The van der Waals surface area contributed by atoms with Crippen LogP contribution in [0.25, 0.3) is 0 Å². The molecule has 0 spiro atoms. The van der Waals surface area contributed by atoms with Gasteiger partial charge in [-0.05, 0) is 35.9 Å². The van der Waals surface area contributed by atoms with Gasteiger partial charge >= 0.3 is 0 Å². The number of hydrogen-bond donors (Lipinski definition) is 1. The predicted octanol–water partition coefficient (Wildman–Crippen LogP) is 3.84. The Balaban J connectivity index is 2.17. The molecule has 0 aliphatic carbocycles. The van der Waals surface area contributed by atoms with Crippen molar-refractivity contribution in [3.8, 4) is 6.07 Å². The van der Waals surface area contributed by atoms with Crippen LogP contribution in [0, 0.1) is 17.1 Å². The summed E-state index contributed by atoms with van der Waals surface area (Å²) in [6, 6.07) is 12.7. The fraction of sp³-hybridized carbons (Fsp3) is 0.0667. The van der Waals surface area contributed by atoms with Gasteiger partial charge in [0.2, 0.25) is 0 Å². The minimum atomic E-state index is -0.604. The Morgan fingerprint density at radius 1 is 1.25 bits per heavy atom. The molecule has 0 radical (unpaired) electrons. The lowest BCUT2D eigenvalue weighted by Crippen LogP contribution is -2.12. The molecule has 20 heavy (non-hydrogen) atoms. The predicted molar refractivity (Wildman–Crippen MR) is 78.1 cm³/mol. The second-order valence-corrected chi connectivity index (χ2v) is 4.65. The lowest BCUT2D eigenvalue weighted by molar-refractivity contribution is 0.102. The molecule has 0 atom stereocenters. The van der Waals surface area contributed by atoms with E-state index in [9.17, 15) is 9.18 Å². The number of carbonyl (C=O) groups is 1. The molecule has 2 aromatic carbocycles. The van der Waals surface area contributed by atoms with Crippen molar-refractivity contribution in [1.82, 2.24) is 0 Å². The number of benzene rings is 2. The average molecular weight is 333 g/mol. The fourth-order valence-electron chi connectivity index (χ4n) is 1.64. The summed E-state index contributed by atoms with van der Waals surface area (Å²) in [6.45, 7) is 0. The van der Waals surface area contributed by atoms with Crippen molar-refractivity contribution in [3.05, 3.63) is 65.0 Å². The number of hydrogen-bond acceptors (Lipinski definition) is 2. The molecule has 0 aliphatic heterocycles. The molecule has 1 amide bonds. The first-order valence-corrected chi connectivity index (χ1v) is 6.92. The van der Waals surface area contributed by atoms with Gasteiger partial charge in [0.15, 0.2) is 0 Å². The summed E-state index contributed by atoms with van der Waals surface area (Å²) in [5.74, 6) is -0.909. The van der Waals surface area contributed by atoms with Gasteiger partial charge in [-0.25, -0.2) is 4.39 Å². The van der Waals surface area contributed by atoms with E-state index in [1.54, 1.807) is 18.2 Å². The second kappa shape index (κ2) is 6.31. The molecule has 0 bridgehead atoms. The Morgan fingerprint density at radius 3 is 2.55 bits per heavy atom. The van der Waals surface area contributed by atoms with Gasteiger partial charge < -0.3 is 5.32 Å². The molecule has 1 N–H and O–H groups in total. The minimum absolute atomic E-state index is 0.0996. The fourth-order valence-corrected chi connectivity index (χ4v) is 2.01. The molecule has 0 heterocycles. The average Bonchev–Trinajstić information content (AvgIpc) is 2.49. The lowest BCUT2D eigenvalue weighted by Gasteiger charge is -2.06. The van der Waals surface area contributed by atoms with Crippen LogP contribution in [0.5, 0.6) is 0 Å². The van der Waals surface area contributed by atoms with Crippen molar-refractivity contribution in [2.45, 2.75) is 5.33 Å². The maximum Gasteiger partial charge on any atom is 0.255 e. The summed E-state index contributed by atoms with van der Waals surface area (Å²) < 4.78 is 13.2. The highest BCUT2D eigenvalue weighted by molar-refractivity contribution is 9.08. The van der Waals surface area contributed by atoms with Crippen molar-refractivity contribution in [1.29, 1.82) is 5.26 Å². The van der Waals surface area contributed by atoms with E-state index in [0.717, 1.165) is 17.0 Å². The molecule has 5 heteroatoms. The standard InChI is InChI=1S/C15H10BrFN2O/c16-8-10-1-3-11(4-2-10)15(20)19-13-5-6-14(17)12(7-13)9-18/h1-7H,8H2,(H,19,20). The largest absolute Gasteiger partial charge is 0.322 e. The SMILES string of the molecule is N#Cc1cc(NC(=O)c2ccc(CBr)cc2)ccc1F. The number of nitrogens with one attached hydrogen (secondary N) is 1. The number of alkyl halides is 1. The molecule has 100 valence electrons. The second-order valence-electron chi connectivity index (χ2n) is 4.09. The third-order valence-electron chi connectivity index (χ3n) is 2.72. The maximum atomic E-state index is 13.2. The normalized spacial score (nSPS) is 9.85. The summed E-state index contributed by atoms with van der Waals surface area (Å²) in [5, 5.41) is 12.1. The maximum absolute atomic E-state index is 13.2. The van der Waals surface area contributed by atoms with Crippen LogP contribution in [-0.2, 0) is 5.33 Å². The van der Waals surface area contributed by atoms with Crippen molar-refractivity contribution in [3.63, 3.8) is 0 Å². The molecule has 0 aromatic heterocycles. The summed E-state index contributed by atoms with van der Waals surface area (Å²) in [5.41, 5.74) is 1.85. The van der Waals surface area contributed by atoms with Crippen molar-refractivity contribution in [2.24, 2.45) is 0 Å². The van der Waals surface area contributed by atoms with Gasteiger partial charge in [0.05, 0.1) is 5.56 Å². The van der Waals surface area contributed by atoms with Gasteiger partial charge in [-0.1, -0.05) is 28.1 Å². The third-order valence-corrected chi connectivity index (χ3v) is 3.36. The number of rotatable bonds is 3. The Bertz CT molecular complexity index is 677. The zero-order valence-corrected chi connectivity index (χ0v) is 11.9. The zero-order chi connectivity index (χ0) is 14.5. The van der Waals surface area contributed by atoms with E-state index >= 15 is 0 Å². The monoisotopic (exact) mass is 332 g/mol. The first-order chi connectivity index (χ1) is 9.63. The van der Waals surface area contributed by atoms with E-state index in [0.29, 0.717) is 11.3 Å². The number of amides is 1. The molecule has 0 aliphatic rings. The van der Waals surface area contributed by atoms with Crippen LogP contribution in [0.15, 0.2) is 42.5 Å². The summed E-state index contributed by atoms with van der Waals surface area (Å²) in [6.07, 6.45) is 0. The number of carbonyl (C=O) groups excluding carboxylic acids is 1. The van der Waals surface area contributed by atoms with Crippen LogP contribution in [-0.4, -0.2) is 5.91 Å². The van der Waals surface area contributed by atoms with Crippen molar-refractivity contribution >= 4 is 27.5 Å². The molecule has 0 saturated carbocycles. The molecule has 2 aromatic rings. The lowest BCUT2D eigenvalue weighted by atomic mass is 10.1. The third kappa shape index (κ3) is 3.22. The zero-order valence-electron chi connectivity index (χ0n) is 10.4. The summed E-state index contributed by atoms with van der Waals surface area (Å²) in [7, 11) is 0. The van der Waals surface area contributed by atoms with Gasteiger partial charge in [0, 0.05) is 16.6 Å². The molecule has 0 unspecified atom stereocenters. The Kier molecular flexibility index (Phi) is 4.49. The molecular formula is C15H10BrFN2O. The van der Waals surface area contributed by atoms with Crippen LogP contribution in [0.4, 0.5) is 10.1 Å². The van der Waals surface area contributed by atoms with Crippen LogP contribution < -0.4 is 5.32 Å². The van der Waals surface area contributed by atoms with Crippen molar-refractivity contribution < 1.29 is 9.18 Å². The smallest absolute Gasteiger partial charge is 0.255 e. The number of nitriles is 1. The Labute approximate surface area is 124 Å². The summed E-state index contributed by atoms with van der Waals surface area (Å²) >= 11 is 3.33. The van der Waals surface area contributed by atoms with E-state index in [4.69, 9.17) is 5.26 Å². The van der Waals surface area contributed by atoms with E-state index < -0.39 is 5.82 Å². The Morgan fingerprint density at radius 2 is 1.95 bits per heavy atom. The van der Waals surface area contributed by atoms with E-state index in [2.05, 4.69) is 21.2 Å². The number of nitrogens with zero attached hydrogens (tertiary/aromatic N) is 1. The highest BCUT2D eigenvalue weighted by Gasteiger charge is 2.08. The number of halogens is 2. The van der Waals surface area contributed by atoms with Crippen LogP contribution in [0.3, 0.4) is 0 Å². The van der Waals surface area contributed by atoms with E-state index in [1.165, 1.54) is 12.1 Å². The highest BCUT2D eigenvalue weighted by Crippen LogP contribution is 2.15. The highest BCUT2D eigenvalue weighted by atomic mass is 79.9. The van der Waals surface area contributed by atoms with E-state index in [1.807, 2.05) is 12.1 Å². The van der Waals surface area contributed by atoms with Crippen LogP contribution in [0.1, 0.15) is 21.5 Å². The topological polar surface area (TPSA) is 52.9 Å². The first kappa shape index (κ1) is 14.2. The quantitative estimate of drug-likeness (QED) is 0.868. The Hall–Kier alpha value is -2.19. The van der Waals surface area contributed by atoms with Crippen LogP contribution >= 0.6 is 15.9 Å². The van der Waals surface area contributed by atoms with Gasteiger partial charge in [-0.15, -0.1) is 0 Å².